The molecule has 0 atom stereocenters. The Labute approximate surface area is 109 Å². The van der Waals surface area contributed by atoms with Crippen molar-refractivity contribution in [1.82, 2.24) is 9.97 Å². The van der Waals surface area contributed by atoms with Crippen molar-refractivity contribution in [2.24, 2.45) is 0 Å². The molecule has 2 aromatic heterocycles. The van der Waals surface area contributed by atoms with E-state index in [0.717, 1.165) is 22.3 Å². The molecule has 0 spiro atoms. The number of benzene rings is 1. The van der Waals surface area contributed by atoms with Crippen LogP contribution in [0.25, 0.3) is 21.8 Å². The molecule has 3 rings (SSSR count). The molecule has 19 heavy (non-hydrogen) atoms. The van der Waals surface area contributed by atoms with Gasteiger partial charge in [0.1, 0.15) is 0 Å². The van der Waals surface area contributed by atoms with E-state index in [4.69, 9.17) is 0 Å². The number of carboxylic acids is 1. The maximum Gasteiger partial charge on any atom is 0.336 e. The van der Waals surface area contributed by atoms with Crippen molar-refractivity contribution < 1.29 is 9.90 Å². The summed E-state index contributed by atoms with van der Waals surface area (Å²) in [5, 5.41) is 10.7. The molecule has 94 valence electrons. The van der Waals surface area contributed by atoms with Crippen molar-refractivity contribution in [3.05, 3.63) is 47.3 Å². The second kappa shape index (κ2) is 4.02. The Kier molecular flexibility index (Phi) is 2.45. The molecule has 0 aliphatic rings. The van der Waals surface area contributed by atoms with Crippen molar-refractivity contribution in [1.29, 1.82) is 0 Å². The highest BCUT2D eigenvalue weighted by molar-refractivity contribution is 6.12. The molecule has 0 amide bonds. The number of nitrogens with zero attached hydrogens (tertiary/aromatic N) is 2. The summed E-state index contributed by atoms with van der Waals surface area (Å²) in [5.74, 6) is -0.946. The van der Waals surface area contributed by atoms with Crippen LogP contribution in [-0.2, 0) is 0 Å². The van der Waals surface area contributed by atoms with Gasteiger partial charge in [0, 0.05) is 22.2 Å². The maximum atomic E-state index is 11.4. The average Bonchev–Trinajstić information content (AvgIpc) is 2.37. The molecule has 0 aliphatic heterocycles. The Bertz CT molecular complexity index is 825. The van der Waals surface area contributed by atoms with Crippen LogP contribution in [0.4, 0.5) is 0 Å². The maximum absolute atomic E-state index is 11.4. The third kappa shape index (κ3) is 1.81. The van der Waals surface area contributed by atoms with Gasteiger partial charge in [-0.1, -0.05) is 12.1 Å². The molecule has 0 saturated heterocycles. The fourth-order valence-electron chi connectivity index (χ4n) is 2.24. The van der Waals surface area contributed by atoms with Crippen LogP contribution in [0.15, 0.2) is 30.3 Å². The first-order valence-electron chi connectivity index (χ1n) is 5.97. The molecule has 0 radical (unpaired) electrons. The summed E-state index contributed by atoms with van der Waals surface area (Å²) >= 11 is 0. The minimum absolute atomic E-state index is 0.264. The number of fused-ring (bicyclic) bond motifs is 3. The third-order valence-electron chi connectivity index (χ3n) is 3.14. The third-order valence-corrected chi connectivity index (χ3v) is 3.14. The molecule has 1 aromatic carbocycles. The Morgan fingerprint density at radius 3 is 2.32 bits per heavy atom. The average molecular weight is 252 g/mol. The molecule has 4 heteroatoms. The summed E-state index contributed by atoms with van der Waals surface area (Å²) in [4.78, 5) is 20.3. The van der Waals surface area contributed by atoms with Crippen LogP contribution in [0.1, 0.15) is 21.7 Å². The number of aromatic nitrogens is 2. The topological polar surface area (TPSA) is 63.1 Å². The molecule has 1 N–H and O–H groups in total. The van der Waals surface area contributed by atoms with Crippen molar-refractivity contribution in [3.8, 4) is 0 Å². The first-order valence-corrected chi connectivity index (χ1v) is 5.97. The lowest BCUT2D eigenvalue weighted by Crippen LogP contribution is -2.00. The molecule has 0 aliphatic carbocycles. The lowest BCUT2D eigenvalue weighted by Gasteiger charge is -2.07. The highest BCUT2D eigenvalue weighted by Crippen LogP contribution is 2.26. The zero-order chi connectivity index (χ0) is 13.6. The number of carbonyl (C=O) groups is 1. The van der Waals surface area contributed by atoms with E-state index >= 15 is 0 Å². The number of aryl methyl sites for hydroxylation is 2. The van der Waals surface area contributed by atoms with Gasteiger partial charge in [0.15, 0.2) is 0 Å². The Hall–Kier alpha value is -2.49. The standard InChI is InChI=1S/C15H12N2O2/c1-8-3-5-10-7-12(15(18)19)11-6-4-9(2)17-14(11)13(10)16-8/h3-7H,1-2H3,(H,18,19). The van der Waals surface area contributed by atoms with Gasteiger partial charge in [-0.05, 0) is 32.0 Å². The molecule has 3 aromatic rings. The normalized spacial score (nSPS) is 11.1. The van der Waals surface area contributed by atoms with E-state index in [0.29, 0.717) is 10.9 Å². The van der Waals surface area contributed by atoms with E-state index in [2.05, 4.69) is 9.97 Å². The number of pyridine rings is 2. The summed E-state index contributed by atoms with van der Waals surface area (Å²) in [5.41, 5.74) is 3.41. The van der Waals surface area contributed by atoms with Gasteiger partial charge in [-0.15, -0.1) is 0 Å². The fraction of sp³-hybridized carbons (Fsp3) is 0.133. The molecule has 0 unspecified atom stereocenters. The fourth-order valence-corrected chi connectivity index (χ4v) is 2.24. The van der Waals surface area contributed by atoms with Gasteiger partial charge >= 0.3 is 5.97 Å². The van der Waals surface area contributed by atoms with E-state index in [-0.39, 0.29) is 5.56 Å². The molecule has 0 bridgehead atoms. The van der Waals surface area contributed by atoms with Crippen LogP contribution in [0.3, 0.4) is 0 Å². The molecular weight excluding hydrogens is 240 g/mol. The Balaban J connectivity index is 2.58. The second-order valence-corrected chi connectivity index (χ2v) is 4.60. The zero-order valence-corrected chi connectivity index (χ0v) is 10.6. The zero-order valence-electron chi connectivity index (χ0n) is 10.6. The lowest BCUT2D eigenvalue weighted by atomic mass is 10.0. The summed E-state index contributed by atoms with van der Waals surface area (Å²) in [6.07, 6.45) is 0. The van der Waals surface area contributed by atoms with E-state index < -0.39 is 5.97 Å². The van der Waals surface area contributed by atoms with Crippen LogP contribution in [0.5, 0.6) is 0 Å². The molecule has 0 fully saturated rings. The first kappa shape index (κ1) is 11.6. The minimum atomic E-state index is -0.946. The summed E-state index contributed by atoms with van der Waals surface area (Å²) in [6.45, 7) is 3.79. The van der Waals surface area contributed by atoms with Crippen LogP contribution >= 0.6 is 0 Å². The van der Waals surface area contributed by atoms with Gasteiger partial charge < -0.3 is 5.11 Å². The van der Waals surface area contributed by atoms with Gasteiger partial charge in [0.2, 0.25) is 0 Å². The lowest BCUT2D eigenvalue weighted by molar-refractivity contribution is 0.0699. The van der Waals surface area contributed by atoms with E-state index in [1.165, 1.54) is 0 Å². The molecule has 4 nitrogen and oxygen atoms in total. The van der Waals surface area contributed by atoms with Gasteiger partial charge in [0.25, 0.3) is 0 Å². The van der Waals surface area contributed by atoms with Gasteiger partial charge in [-0.3, -0.25) is 9.97 Å². The Morgan fingerprint density at radius 1 is 1.00 bits per heavy atom. The SMILES string of the molecule is Cc1ccc2cc(C(=O)O)c3ccc(C)nc3c2n1. The summed E-state index contributed by atoms with van der Waals surface area (Å²) < 4.78 is 0. The molecular formula is C15H12N2O2. The first-order chi connectivity index (χ1) is 9.06. The number of carboxylic acid groups (broad SMARTS) is 1. The van der Waals surface area contributed by atoms with Crippen molar-refractivity contribution in [3.63, 3.8) is 0 Å². The molecule has 0 saturated carbocycles. The van der Waals surface area contributed by atoms with Crippen molar-refractivity contribution >= 4 is 27.8 Å². The van der Waals surface area contributed by atoms with E-state index in [9.17, 15) is 9.90 Å². The van der Waals surface area contributed by atoms with Gasteiger partial charge in [-0.25, -0.2) is 4.79 Å². The minimum Gasteiger partial charge on any atom is -0.478 e. The highest BCUT2D eigenvalue weighted by Gasteiger charge is 2.14. The van der Waals surface area contributed by atoms with Gasteiger partial charge in [0.05, 0.1) is 16.6 Å². The number of aromatic carboxylic acids is 1. The predicted octanol–water partition coefficient (Wildman–Crippen LogP) is 3.10. The summed E-state index contributed by atoms with van der Waals surface area (Å²) in [7, 11) is 0. The quantitative estimate of drug-likeness (QED) is 0.676. The van der Waals surface area contributed by atoms with Crippen LogP contribution in [-0.4, -0.2) is 21.0 Å². The smallest absolute Gasteiger partial charge is 0.336 e. The molecule has 2 heterocycles. The van der Waals surface area contributed by atoms with Crippen LogP contribution < -0.4 is 0 Å². The summed E-state index contributed by atoms with van der Waals surface area (Å²) in [6, 6.07) is 9.02. The number of hydrogen-bond donors (Lipinski definition) is 1. The second-order valence-electron chi connectivity index (χ2n) is 4.60. The Morgan fingerprint density at radius 2 is 1.63 bits per heavy atom. The highest BCUT2D eigenvalue weighted by atomic mass is 16.4. The predicted molar refractivity (Wildman–Crippen MR) is 73.5 cm³/mol. The number of rotatable bonds is 1. The van der Waals surface area contributed by atoms with Crippen LogP contribution in [0.2, 0.25) is 0 Å². The van der Waals surface area contributed by atoms with Crippen molar-refractivity contribution in [2.75, 3.05) is 0 Å². The van der Waals surface area contributed by atoms with Crippen LogP contribution in [0, 0.1) is 13.8 Å². The number of hydrogen-bond acceptors (Lipinski definition) is 3. The largest absolute Gasteiger partial charge is 0.478 e. The van der Waals surface area contributed by atoms with E-state index in [1.807, 2.05) is 32.0 Å². The monoisotopic (exact) mass is 252 g/mol. The van der Waals surface area contributed by atoms with Crippen molar-refractivity contribution in [2.45, 2.75) is 13.8 Å². The van der Waals surface area contributed by atoms with Gasteiger partial charge in [-0.2, -0.15) is 0 Å². The van der Waals surface area contributed by atoms with E-state index in [1.54, 1.807) is 12.1 Å².